The molecule has 6 rings (SSSR count). The highest BCUT2D eigenvalue weighted by Crippen LogP contribution is 2.47. The molecule has 1 N–H and O–H groups in total. The standard InChI is InChI=1S/C24H21N3O2S/c1-13-14-7-4-6-10-19(14)30-23(13)22-21-16(15-8-3-5-9-17(15)25-21)11-18-24(29)26(2)12-20(28)27(18)22/h3-10,18,22,25H,11-12H2,1-2H3/t18-,22+/m1/s1. The molecule has 0 bridgehead atoms. The number of likely N-dealkylation sites (N-methyl/N-ethyl adjacent to an activating group) is 1. The van der Waals surface area contributed by atoms with Gasteiger partial charge in [0, 0.05) is 39.6 Å². The maximum Gasteiger partial charge on any atom is 0.245 e. The lowest BCUT2D eigenvalue weighted by Gasteiger charge is -2.46. The molecule has 6 heteroatoms. The molecule has 1 fully saturated rings. The van der Waals surface area contributed by atoms with Crippen LogP contribution in [0.2, 0.25) is 0 Å². The van der Waals surface area contributed by atoms with Crippen molar-refractivity contribution < 1.29 is 9.59 Å². The Kier molecular flexibility index (Phi) is 3.65. The summed E-state index contributed by atoms with van der Waals surface area (Å²) < 4.78 is 1.21. The Morgan fingerprint density at radius 1 is 1.03 bits per heavy atom. The minimum Gasteiger partial charge on any atom is -0.356 e. The summed E-state index contributed by atoms with van der Waals surface area (Å²) in [4.78, 5) is 34.5. The van der Waals surface area contributed by atoms with Crippen molar-refractivity contribution in [2.45, 2.75) is 25.4 Å². The van der Waals surface area contributed by atoms with Gasteiger partial charge in [0.1, 0.15) is 12.1 Å². The van der Waals surface area contributed by atoms with Gasteiger partial charge in [0.05, 0.1) is 6.54 Å². The second-order valence-electron chi connectivity index (χ2n) is 8.27. The average molecular weight is 416 g/mol. The molecule has 30 heavy (non-hydrogen) atoms. The Morgan fingerprint density at radius 3 is 2.57 bits per heavy atom. The van der Waals surface area contributed by atoms with Crippen molar-refractivity contribution in [3.05, 3.63) is 70.2 Å². The summed E-state index contributed by atoms with van der Waals surface area (Å²) in [6.45, 7) is 2.26. The van der Waals surface area contributed by atoms with Gasteiger partial charge in [-0.05, 0) is 35.6 Å². The fourth-order valence-electron chi connectivity index (χ4n) is 5.14. The Labute approximate surface area is 177 Å². The molecule has 2 aromatic carbocycles. The van der Waals surface area contributed by atoms with Crippen molar-refractivity contribution in [3.63, 3.8) is 0 Å². The molecule has 4 aromatic rings. The highest BCUT2D eigenvalue weighted by molar-refractivity contribution is 7.19. The van der Waals surface area contributed by atoms with Gasteiger partial charge in [0.25, 0.3) is 0 Å². The second kappa shape index (κ2) is 6.19. The van der Waals surface area contributed by atoms with Gasteiger partial charge in [-0.3, -0.25) is 9.59 Å². The van der Waals surface area contributed by atoms with E-state index in [-0.39, 0.29) is 24.4 Å². The highest BCUT2D eigenvalue weighted by atomic mass is 32.1. The van der Waals surface area contributed by atoms with Crippen LogP contribution in [0.25, 0.3) is 21.0 Å². The maximum atomic E-state index is 13.2. The van der Waals surface area contributed by atoms with Crippen molar-refractivity contribution in [1.82, 2.24) is 14.8 Å². The van der Waals surface area contributed by atoms with E-state index in [1.165, 1.54) is 15.6 Å². The first kappa shape index (κ1) is 17.7. The molecule has 0 aliphatic carbocycles. The van der Waals surface area contributed by atoms with E-state index >= 15 is 0 Å². The van der Waals surface area contributed by atoms with Gasteiger partial charge in [0.2, 0.25) is 11.8 Å². The summed E-state index contributed by atoms with van der Waals surface area (Å²) in [7, 11) is 1.72. The zero-order valence-electron chi connectivity index (χ0n) is 16.8. The number of aryl methyl sites for hydroxylation is 1. The Bertz CT molecular complexity index is 1350. The van der Waals surface area contributed by atoms with Gasteiger partial charge in [-0.2, -0.15) is 0 Å². The molecule has 5 nitrogen and oxygen atoms in total. The van der Waals surface area contributed by atoms with Crippen LogP contribution < -0.4 is 0 Å². The molecule has 2 aliphatic rings. The predicted molar refractivity (Wildman–Crippen MR) is 119 cm³/mol. The van der Waals surface area contributed by atoms with Gasteiger partial charge >= 0.3 is 0 Å². The number of para-hydroxylation sites is 1. The summed E-state index contributed by atoms with van der Waals surface area (Å²) in [5.74, 6) is 0.0301. The first-order valence-electron chi connectivity index (χ1n) is 10.2. The fourth-order valence-corrected chi connectivity index (χ4v) is 6.46. The normalized spacial score (nSPS) is 21.4. The predicted octanol–water partition coefficient (Wildman–Crippen LogP) is 4.01. The van der Waals surface area contributed by atoms with Crippen molar-refractivity contribution in [2.75, 3.05) is 13.6 Å². The SMILES string of the molecule is Cc1c([C@@H]2c3[nH]c4ccccc4c3C[C@@H]3C(=O)N(C)CC(=O)N23)sc2ccccc12. The quantitative estimate of drug-likeness (QED) is 0.511. The van der Waals surface area contributed by atoms with Gasteiger partial charge in [0.15, 0.2) is 0 Å². The molecule has 150 valence electrons. The van der Waals surface area contributed by atoms with Gasteiger partial charge in [-0.15, -0.1) is 11.3 Å². The Hall–Kier alpha value is -3.12. The van der Waals surface area contributed by atoms with Crippen LogP contribution in [-0.2, 0) is 16.0 Å². The van der Waals surface area contributed by atoms with Gasteiger partial charge in [-0.25, -0.2) is 0 Å². The molecular weight excluding hydrogens is 394 g/mol. The number of aromatic amines is 1. The number of carbonyl (C=O) groups is 2. The summed E-state index contributed by atoms with van der Waals surface area (Å²) in [5.41, 5.74) is 4.45. The summed E-state index contributed by atoms with van der Waals surface area (Å²) in [6.07, 6.45) is 0.550. The topological polar surface area (TPSA) is 56.4 Å². The number of hydrogen-bond donors (Lipinski definition) is 1. The molecule has 0 unspecified atom stereocenters. The molecule has 0 saturated carbocycles. The number of piperazine rings is 1. The summed E-state index contributed by atoms with van der Waals surface area (Å²) in [6, 6.07) is 15.8. The van der Waals surface area contributed by atoms with Crippen LogP contribution in [0.15, 0.2) is 48.5 Å². The van der Waals surface area contributed by atoms with Crippen LogP contribution in [0.5, 0.6) is 0 Å². The largest absolute Gasteiger partial charge is 0.356 e. The van der Waals surface area contributed by atoms with Crippen LogP contribution in [0.3, 0.4) is 0 Å². The first-order chi connectivity index (χ1) is 14.5. The van der Waals surface area contributed by atoms with E-state index in [1.54, 1.807) is 23.3 Å². The second-order valence-corrected chi connectivity index (χ2v) is 9.35. The fraction of sp³-hybridized carbons (Fsp3) is 0.250. The lowest BCUT2D eigenvalue weighted by Crippen LogP contribution is -2.62. The highest BCUT2D eigenvalue weighted by Gasteiger charge is 2.48. The van der Waals surface area contributed by atoms with E-state index in [9.17, 15) is 9.59 Å². The summed E-state index contributed by atoms with van der Waals surface area (Å²) >= 11 is 1.72. The van der Waals surface area contributed by atoms with Crippen molar-refractivity contribution in [2.24, 2.45) is 0 Å². The number of amides is 2. The van der Waals surface area contributed by atoms with Crippen molar-refractivity contribution in [1.29, 1.82) is 0 Å². The minimum atomic E-state index is -0.461. The molecule has 1 saturated heterocycles. The third-order valence-electron chi connectivity index (χ3n) is 6.58. The first-order valence-corrected chi connectivity index (χ1v) is 11.0. The molecule has 0 radical (unpaired) electrons. The number of nitrogens with one attached hydrogen (secondary N) is 1. The number of benzene rings is 2. The van der Waals surface area contributed by atoms with E-state index in [0.717, 1.165) is 27.0 Å². The lowest BCUT2D eigenvalue weighted by molar-refractivity contribution is -0.157. The minimum absolute atomic E-state index is 0.00765. The number of carbonyl (C=O) groups excluding carboxylic acids is 2. The van der Waals surface area contributed by atoms with Crippen LogP contribution in [0.4, 0.5) is 0 Å². The number of hydrogen-bond acceptors (Lipinski definition) is 3. The zero-order valence-corrected chi connectivity index (χ0v) is 17.6. The van der Waals surface area contributed by atoms with E-state index in [0.29, 0.717) is 6.42 Å². The number of thiophene rings is 1. The molecule has 4 heterocycles. The molecule has 0 spiro atoms. The van der Waals surface area contributed by atoms with E-state index in [2.05, 4.69) is 42.2 Å². The Balaban J connectivity index is 1.65. The van der Waals surface area contributed by atoms with Crippen LogP contribution in [0.1, 0.15) is 27.7 Å². The monoisotopic (exact) mass is 415 g/mol. The van der Waals surface area contributed by atoms with Gasteiger partial charge in [-0.1, -0.05) is 36.4 Å². The molecule has 2 atom stereocenters. The van der Waals surface area contributed by atoms with E-state index in [1.807, 2.05) is 23.1 Å². The van der Waals surface area contributed by atoms with Crippen molar-refractivity contribution >= 4 is 44.1 Å². The van der Waals surface area contributed by atoms with Crippen LogP contribution in [-0.4, -0.2) is 46.2 Å². The zero-order chi connectivity index (χ0) is 20.6. The van der Waals surface area contributed by atoms with Gasteiger partial charge < -0.3 is 14.8 Å². The van der Waals surface area contributed by atoms with E-state index < -0.39 is 6.04 Å². The number of rotatable bonds is 1. The smallest absolute Gasteiger partial charge is 0.245 e. The van der Waals surface area contributed by atoms with Crippen molar-refractivity contribution in [3.8, 4) is 0 Å². The average Bonchev–Trinajstić information content (AvgIpc) is 3.29. The summed E-state index contributed by atoms with van der Waals surface area (Å²) in [5, 5.41) is 2.36. The van der Waals surface area contributed by atoms with E-state index in [4.69, 9.17) is 0 Å². The molecule has 2 amide bonds. The van der Waals surface area contributed by atoms with Crippen LogP contribution in [0, 0.1) is 6.92 Å². The number of H-pyrrole nitrogens is 1. The van der Waals surface area contributed by atoms with Crippen LogP contribution >= 0.6 is 11.3 Å². The Morgan fingerprint density at radius 2 is 1.77 bits per heavy atom. The maximum absolute atomic E-state index is 13.2. The number of nitrogens with zero attached hydrogens (tertiary/aromatic N) is 2. The lowest BCUT2D eigenvalue weighted by atomic mass is 9.88. The number of aromatic nitrogens is 1. The number of fused-ring (bicyclic) bond motifs is 5. The molecule has 2 aromatic heterocycles. The molecule has 2 aliphatic heterocycles. The third-order valence-corrected chi connectivity index (χ3v) is 7.91. The molecular formula is C24H21N3O2S. The third kappa shape index (κ3) is 2.28.